The third kappa shape index (κ3) is 2.85. The molecule has 5 nitrogen and oxygen atoms in total. The normalized spacial score (nSPS) is 11.5. The fourth-order valence-electron chi connectivity index (χ4n) is 1.24. The highest BCUT2D eigenvalue weighted by Crippen LogP contribution is 2.03. The van der Waals surface area contributed by atoms with Crippen LogP contribution in [0.4, 0.5) is 0 Å². The van der Waals surface area contributed by atoms with Gasteiger partial charge in [0, 0.05) is 6.21 Å². The summed E-state index contributed by atoms with van der Waals surface area (Å²) in [4.78, 5) is 11.7. The Labute approximate surface area is 99.2 Å². The number of nitrogens with one attached hydrogen (secondary N) is 1. The van der Waals surface area contributed by atoms with E-state index in [4.69, 9.17) is 12.2 Å². The Hall–Kier alpha value is -1.30. The van der Waals surface area contributed by atoms with E-state index in [-0.39, 0.29) is 10.3 Å². The third-order valence-electron chi connectivity index (χ3n) is 2.46. The zero-order chi connectivity index (χ0) is 12.1. The molecule has 0 aromatic carbocycles. The molecule has 0 saturated heterocycles. The summed E-state index contributed by atoms with van der Waals surface area (Å²) < 4.78 is 1.40. The van der Waals surface area contributed by atoms with Crippen LogP contribution in [0.1, 0.15) is 32.4 Å². The van der Waals surface area contributed by atoms with E-state index in [1.165, 1.54) is 4.68 Å². The first kappa shape index (κ1) is 12.8. The number of hydrogen-bond donors (Lipinski definition) is 1. The lowest BCUT2D eigenvalue weighted by Crippen LogP contribution is -2.23. The Kier molecular flexibility index (Phi) is 4.54. The molecule has 0 aliphatic rings. The molecule has 0 saturated carbocycles. The van der Waals surface area contributed by atoms with Crippen molar-refractivity contribution in [2.75, 3.05) is 0 Å². The summed E-state index contributed by atoms with van der Waals surface area (Å²) in [5.74, 6) is 0.370. The van der Waals surface area contributed by atoms with E-state index in [1.54, 1.807) is 13.1 Å². The molecular formula is C10H16N4OS. The topological polar surface area (TPSA) is 63.0 Å². The molecule has 0 aliphatic carbocycles. The van der Waals surface area contributed by atoms with Gasteiger partial charge in [0.25, 0.3) is 5.56 Å². The predicted molar refractivity (Wildman–Crippen MR) is 66.4 cm³/mol. The molecule has 1 rings (SSSR count). The molecule has 0 fully saturated rings. The molecular weight excluding hydrogens is 224 g/mol. The molecule has 0 amide bonds. The summed E-state index contributed by atoms with van der Waals surface area (Å²) in [6.45, 7) is 5.79. The number of nitrogens with zero attached hydrogens (tertiary/aromatic N) is 3. The van der Waals surface area contributed by atoms with E-state index in [2.05, 4.69) is 29.1 Å². The van der Waals surface area contributed by atoms with Crippen LogP contribution in [0.5, 0.6) is 0 Å². The average Bonchev–Trinajstić information content (AvgIpc) is 2.29. The van der Waals surface area contributed by atoms with Crippen molar-refractivity contribution in [3.63, 3.8) is 0 Å². The number of H-pyrrole nitrogens is 1. The second-order valence-corrected chi connectivity index (χ2v) is 3.96. The van der Waals surface area contributed by atoms with Gasteiger partial charge in [-0.3, -0.25) is 9.89 Å². The van der Waals surface area contributed by atoms with Crippen molar-refractivity contribution >= 4 is 18.4 Å². The largest absolute Gasteiger partial charge is 0.296 e. The predicted octanol–water partition coefficient (Wildman–Crippen LogP) is 1.88. The quantitative estimate of drug-likeness (QED) is 0.645. The summed E-state index contributed by atoms with van der Waals surface area (Å²) in [7, 11) is 0. The van der Waals surface area contributed by atoms with Crippen LogP contribution in [0, 0.1) is 17.6 Å². The molecule has 0 unspecified atom stereocenters. The molecule has 0 radical (unpaired) electrons. The van der Waals surface area contributed by atoms with Gasteiger partial charge in [0.2, 0.25) is 4.77 Å². The summed E-state index contributed by atoms with van der Waals surface area (Å²) in [5, 5.41) is 10.5. The van der Waals surface area contributed by atoms with E-state index in [9.17, 15) is 4.79 Å². The second-order valence-electron chi connectivity index (χ2n) is 3.57. The minimum Gasteiger partial charge on any atom is -0.265 e. The average molecular weight is 240 g/mol. The molecule has 1 N–H and O–H groups in total. The van der Waals surface area contributed by atoms with Crippen molar-refractivity contribution in [3.8, 4) is 0 Å². The van der Waals surface area contributed by atoms with Gasteiger partial charge in [-0.1, -0.05) is 13.8 Å². The molecule has 1 aromatic heterocycles. The number of aromatic nitrogens is 3. The number of rotatable bonds is 4. The first-order valence-electron chi connectivity index (χ1n) is 5.32. The lowest BCUT2D eigenvalue weighted by atomic mass is 10.1. The Morgan fingerprint density at radius 1 is 1.56 bits per heavy atom. The highest BCUT2D eigenvalue weighted by Gasteiger charge is 2.02. The third-order valence-corrected chi connectivity index (χ3v) is 2.72. The van der Waals surface area contributed by atoms with Crippen molar-refractivity contribution in [2.24, 2.45) is 11.0 Å². The van der Waals surface area contributed by atoms with Crippen molar-refractivity contribution in [1.82, 2.24) is 14.9 Å². The zero-order valence-electron chi connectivity index (χ0n) is 9.73. The lowest BCUT2D eigenvalue weighted by Gasteiger charge is -2.04. The number of aromatic amines is 1. The molecule has 88 valence electrons. The zero-order valence-corrected chi connectivity index (χ0v) is 10.5. The van der Waals surface area contributed by atoms with Crippen LogP contribution in [-0.4, -0.2) is 21.1 Å². The van der Waals surface area contributed by atoms with Crippen molar-refractivity contribution in [1.29, 1.82) is 0 Å². The number of hydrogen-bond acceptors (Lipinski definition) is 4. The molecule has 0 bridgehead atoms. The van der Waals surface area contributed by atoms with Gasteiger partial charge in [-0.2, -0.15) is 14.9 Å². The minimum absolute atomic E-state index is 0.220. The first-order chi connectivity index (χ1) is 7.60. The fourth-order valence-corrected chi connectivity index (χ4v) is 1.41. The van der Waals surface area contributed by atoms with Crippen LogP contribution in [0.15, 0.2) is 9.90 Å². The minimum atomic E-state index is -0.272. The van der Waals surface area contributed by atoms with Crippen LogP contribution in [0.3, 0.4) is 0 Å². The Morgan fingerprint density at radius 3 is 2.75 bits per heavy atom. The van der Waals surface area contributed by atoms with Gasteiger partial charge in [-0.15, -0.1) is 0 Å². The molecule has 6 heteroatoms. The first-order valence-corrected chi connectivity index (χ1v) is 5.73. The number of aryl methyl sites for hydroxylation is 1. The van der Waals surface area contributed by atoms with Crippen LogP contribution < -0.4 is 5.56 Å². The van der Waals surface area contributed by atoms with Gasteiger partial charge in [-0.25, -0.2) is 0 Å². The van der Waals surface area contributed by atoms with Crippen LogP contribution >= 0.6 is 12.2 Å². The molecule has 1 heterocycles. The van der Waals surface area contributed by atoms with Gasteiger partial charge < -0.3 is 0 Å². The monoisotopic (exact) mass is 240 g/mol. The molecule has 16 heavy (non-hydrogen) atoms. The van der Waals surface area contributed by atoms with E-state index in [1.807, 2.05) is 0 Å². The Bertz CT molecular complexity index is 484. The highest BCUT2D eigenvalue weighted by molar-refractivity contribution is 7.71. The van der Waals surface area contributed by atoms with Crippen LogP contribution in [0.2, 0.25) is 0 Å². The summed E-state index contributed by atoms with van der Waals surface area (Å²) in [6, 6.07) is 0. The Morgan fingerprint density at radius 2 is 2.19 bits per heavy atom. The summed E-state index contributed by atoms with van der Waals surface area (Å²) in [5.41, 5.74) is 0.0845. The summed E-state index contributed by atoms with van der Waals surface area (Å²) >= 11 is 4.95. The van der Waals surface area contributed by atoms with E-state index < -0.39 is 0 Å². The maximum atomic E-state index is 11.7. The smallest absolute Gasteiger partial charge is 0.265 e. The van der Waals surface area contributed by atoms with Gasteiger partial charge >= 0.3 is 0 Å². The van der Waals surface area contributed by atoms with Crippen molar-refractivity contribution in [2.45, 2.75) is 33.6 Å². The SMILES string of the molecule is CCC(C=Nn1c(=S)[nH]nc(C)c1=O)CC. The lowest BCUT2D eigenvalue weighted by molar-refractivity contribution is 0.639. The van der Waals surface area contributed by atoms with Crippen molar-refractivity contribution in [3.05, 3.63) is 20.8 Å². The van der Waals surface area contributed by atoms with Crippen LogP contribution in [0.25, 0.3) is 0 Å². The molecule has 0 spiro atoms. The van der Waals surface area contributed by atoms with Gasteiger partial charge in [0.05, 0.1) is 0 Å². The van der Waals surface area contributed by atoms with Crippen LogP contribution in [-0.2, 0) is 0 Å². The van der Waals surface area contributed by atoms with Gasteiger partial charge in [-0.05, 0) is 37.9 Å². The van der Waals surface area contributed by atoms with E-state index >= 15 is 0 Å². The van der Waals surface area contributed by atoms with E-state index in [0.29, 0.717) is 11.6 Å². The Balaban J connectivity index is 3.11. The maximum absolute atomic E-state index is 11.7. The van der Waals surface area contributed by atoms with E-state index in [0.717, 1.165) is 12.8 Å². The highest BCUT2D eigenvalue weighted by atomic mass is 32.1. The molecule has 1 aromatic rings. The maximum Gasteiger partial charge on any atom is 0.296 e. The standard InChI is InChI=1S/C10H16N4OS/c1-4-8(5-2)6-11-14-9(15)7(3)12-13-10(14)16/h6,8H,4-5H2,1-3H3,(H,13,16). The van der Waals surface area contributed by atoms with Gasteiger partial charge in [0.15, 0.2) is 0 Å². The molecule has 0 aliphatic heterocycles. The van der Waals surface area contributed by atoms with Crippen molar-refractivity contribution < 1.29 is 0 Å². The fraction of sp³-hybridized carbons (Fsp3) is 0.600. The van der Waals surface area contributed by atoms with Gasteiger partial charge in [0.1, 0.15) is 5.69 Å². The molecule has 0 atom stereocenters. The summed E-state index contributed by atoms with van der Waals surface area (Å²) in [6.07, 6.45) is 3.76. The second kappa shape index (κ2) is 5.69.